The van der Waals surface area contributed by atoms with E-state index in [1.54, 1.807) is 0 Å². The number of amides is 1. The molecule has 0 radical (unpaired) electrons. The van der Waals surface area contributed by atoms with Gasteiger partial charge in [-0.2, -0.15) is 0 Å². The van der Waals surface area contributed by atoms with Crippen LogP contribution < -0.4 is 10.3 Å². The second-order valence-corrected chi connectivity index (χ2v) is 9.52. The summed E-state index contributed by atoms with van der Waals surface area (Å²) in [6, 6.07) is 2.80. The molecule has 1 amide bonds. The normalized spacial score (nSPS) is 20.3. The summed E-state index contributed by atoms with van der Waals surface area (Å²) in [6.45, 7) is 0. The fourth-order valence-corrected chi connectivity index (χ4v) is 5.17. The second-order valence-electron chi connectivity index (χ2n) is 5.20. The quantitative estimate of drug-likeness (QED) is 0.723. The number of carbonyl (C=O) groups is 1. The van der Waals surface area contributed by atoms with E-state index in [2.05, 4.69) is 0 Å². The van der Waals surface area contributed by atoms with Crippen LogP contribution in [0.2, 0.25) is 5.02 Å². The number of rotatable bonds is 5. The number of hydrazine groups is 1. The Hall–Kier alpha value is -1.23. The summed E-state index contributed by atoms with van der Waals surface area (Å²) >= 11 is 5.51. The molecular formula is C12H14ClFN2O5S2. The molecule has 2 N–H and O–H groups in total. The fourth-order valence-electron chi connectivity index (χ4n) is 2.17. The maximum Gasteiger partial charge on any atom is 0.257 e. The average molecular weight is 385 g/mol. The van der Waals surface area contributed by atoms with Crippen molar-refractivity contribution in [3.8, 4) is 0 Å². The van der Waals surface area contributed by atoms with E-state index >= 15 is 0 Å². The SMILES string of the molecule is O=C(C[C@@H]1CCS(=O)(=O)C1)NNS(=O)(=O)c1ccc(F)c(Cl)c1. The summed E-state index contributed by atoms with van der Waals surface area (Å²) in [5.41, 5.74) is 2.00. The van der Waals surface area contributed by atoms with Crippen LogP contribution >= 0.6 is 11.6 Å². The third-order valence-electron chi connectivity index (χ3n) is 3.33. The summed E-state index contributed by atoms with van der Waals surface area (Å²) in [5, 5.41) is -0.365. The Morgan fingerprint density at radius 1 is 1.39 bits per heavy atom. The van der Waals surface area contributed by atoms with Crippen LogP contribution in [0, 0.1) is 11.7 Å². The zero-order valence-electron chi connectivity index (χ0n) is 11.8. The Morgan fingerprint density at radius 3 is 2.65 bits per heavy atom. The van der Waals surface area contributed by atoms with E-state index in [1.165, 1.54) is 0 Å². The summed E-state index contributed by atoms with van der Waals surface area (Å²) in [7, 11) is -7.21. The van der Waals surface area contributed by atoms with Gasteiger partial charge in [0, 0.05) is 6.42 Å². The van der Waals surface area contributed by atoms with E-state index < -0.39 is 31.6 Å². The Labute approximate surface area is 138 Å². The van der Waals surface area contributed by atoms with Crippen molar-refractivity contribution in [2.75, 3.05) is 11.5 Å². The van der Waals surface area contributed by atoms with E-state index in [0.717, 1.165) is 18.2 Å². The minimum absolute atomic E-state index is 0.0325. The highest BCUT2D eigenvalue weighted by Gasteiger charge is 2.29. The van der Waals surface area contributed by atoms with Crippen molar-refractivity contribution in [2.24, 2.45) is 5.92 Å². The first-order valence-electron chi connectivity index (χ1n) is 6.55. The lowest BCUT2D eigenvalue weighted by Gasteiger charge is -2.11. The van der Waals surface area contributed by atoms with Gasteiger partial charge in [-0.25, -0.2) is 21.2 Å². The lowest BCUT2D eigenvalue weighted by molar-refractivity contribution is -0.122. The van der Waals surface area contributed by atoms with Crippen molar-refractivity contribution >= 4 is 37.4 Å². The van der Waals surface area contributed by atoms with Crippen LogP contribution in [0.5, 0.6) is 0 Å². The van der Waals surface area contributed by atoms with Gasteiger partial charge in [0.1, 0.15) is 5.82 Å². The van der Waals surface area contributed by atoms with E-state index in [-0.39, 0.29) is 33.8 Å². The zero-order valence-corrected chi connectivity index (χ0v) is 14.1. The molecule has 0 spiro atoms. The van der Waals surface area contributed by atoms with Crippen LogP contribution in [0.15, 0.2) is 23.1 Å². The molecule has 1 fully saturated rings. The predicted octanol–water partition coefficient (Wildman–Crippen LogP) is 0.613. The molecule has 0 saturated carbocycles. The van der Waals surface area contributed by atoms with Gasteiger partial charge in [0.2, 0.25) is 5.91 Å². The number of carbonyl (C=O) groups excluding carboxylic acids is 1. The molecule has 1 aliphatic rings. The third kappa shape index (κ3) is 4.87. The molecule has 1 aromatic rings. The highest BCUT2D eigenvalue weighted by Crippen LogP contribution is 2.21. The number of hydrogen-bond donors (Lipinski definition) is 2. The molecule has 1 aromatic carbocycles. The summed E-state index contributed by atoms with van der Waals surface area (Å²) < 4.78 is 59.5. The maximum absolute atomic E-state index is 13.0. The van der Waals surface area contributed by atoms with Gasteiger partial charge in [0.15, 0.2) is 9.84 Å². The van der Waals surface area contributed by atoms with Crippen LogP contribution in [0.25, 0.3) is 0 Å². The lowest BCUT2D eigenvalue weighted by Crippen LogP contribution is -2.42. The second kappa shape index (κ2) is 6.71. The van der Waals surface area contributed by atoms with E-state index in [1.807, 2.05) is 10.3 Å². The minimum atomic E-state index is -4.10. The molecule has 23 heavy (non-hydrogen) atoms. The molecule has 0 aromatic heterocycles. The van der Waals surface area contributed by atoms with Crippen molar-refractivity contribution in [1.82, 2.24) is 10.3 Å². The van der Waals surface area contributed by atoms with E-state index in [9.17, 15) is 26.0 Å². The van der Waals surface area contributed by atoms with Crippen LogP contribution in [-0.4, -0.2) is 34.2 Å². The number of hydrogen-bond acceptors (Lipinski definition) is 5. The van der Waals surface area contributed by atoms with Crippen molar-refractivity contribution in [2.45, 2.75) is 17.7 Å². The molecule has 1 heterocycles. The molecule has 11 heteroatoms. The monoisotopic (exact) mass is 384 g/mol. The molecule has 128 valence electrons. The minimum Gasteiger partial charge on any atom is -0.278 e. The largest absolute Gasteiger partial charge is 0.278 e. The fraction of sp³-hybridized carbons (Fsp3) is 0.417. The molecule has 1 atom stereocenters. The smallest absolute Gasteiger partial charge is 0.257 e. The van der Waals surface area contributed by atoms with Gasteiger partial charge in [-0.3, -0.25) is 10.2 Å². The Kier molecular flexibility index (Phi) is 5.29. The standard InChI is InChI=1S/C12H14ClFN2O5S2/c13-10-6-9(1-2-11(10)14)23(20,21)16-15-12(17)5-8-3-4-22(18,19)7-8/h1-2,6,8,16H,3-5,7H2,(H,15,17)/t8-/m0/s1. The average Bonchev–Trinajstić information content (AvgIpc) is 2.78. The van der Waals surface area contributed by atoms with Crippen molar-refractivity contribution < 1.29 is 26.0 Å². The molecule has 1 saturated heterocycles. The maximum atomic E-state index is 13.0. The molecular weight excluding hydrogens is 371 g/mol. The summed E-state index contributed by atoms with van der Waals surface area (Å²) in [4.78, 5) is 13.2. The Bertz CT molecular complexity index is 826. The van der Waals surface area contributed by atoms with Crippen LogP contribution in [-0.2, 0) is 24.7 Å². The van der Waals surface area contributed by atoms with Crippen LogP contribution in [0.1, 0.15) is 12.8 Å². The third-order valence-corrected chi connectivity index (χ3v) is 6.70. The van der Waals surface area contributed by atoms with Gasteiger partial charge in [0.25, 0.3) is 10.0 Å². The Balaban J connectivity index is 1.94. The number of sulfonamides is 1. The first kappa shape index (κ1) is 18.1. The van der Waals surface area contributed by atoms with Crippen LogP contribution in [0.4, 0.5) is 4.39 Å². The first-order chi connectivity index (χ1) is 10.6. The van der Waals surface area contributed by atoms with Gasteiger partial charge in [-0.05, 0) is 30.5 Å². The molecule has 2 rings (SSSR count). The van der Waals surface area contributed by atoms with E-state index in [4.69, 9.17) is 11.6 Å². The van der Waals surface area contributed by atoms with Crippen molar-refractivity contribution in [3.05, 3.63) is 29.0 Å². The molecule has 0 unspecified atom stereocenters. The van der Waals surface area contributed by atoms with Crippen molar-refractivity contribution in [1.29, 1.82) is 0 Å². The summed E-state index contributed by atoms with van der Waals surface area (Å²) in [6.07, 6.45) is 0.266. The van der Waals surface area contributed by atoms with Gasteiger partial charge in [0.05, 0.1) is 21.4 Å². The highest BCUT2D eigenvalue weighted by atomic mass is 35.5. The number of halogens is 2. The zero-order chi connectivity index (χ0) is 17.3. The van der Waals surface area contributed by atoms with Crippen molar-refractivity contribution in [3.63, 3.8) is 0 Å². The number of sulfone groups is 1. The predicted molar refractivity (Wildman–Crippen MR) is 81.3 cm³/mol. The van der Waals surface area contributed by atoms with Crippen LogP contribution in [0.3, 0.4) is 0 Å². The van der Waals surface area contributed by atoms with Gasteiger partial charge in [-0.1, -0.05) is 11.6 Å². The van der Waals surface area contributed by atoms with E-state index in [0.29, 0.717) is 6.42 Å². The number of benzene rings is 1. The Morgan fingerprint density at radius 2 is 2.09 bits per heavy atom. The number of nitrogens with one attached hydrogen (secondary N) is 2. The molecule has 7 nitrogen and oxygen atoms in total. The molecule has 1 aliphatic heterocycles. The van der Waals surface area contributed by atoms with Gasteiger partial charge in [-0.15, -0.1) is 4.83 Å². The van der Waals surface area contributed by atoms with Gasteiger partial charge >= 0.3 is 0 Å². The lowest BCUT2D eigenvalue weighted by atomic mass is 10.1. The summed E-state index contributed by atoms with van der Waals surface area (Å²) in [5.74, 6) is -1.79. The topological polar surface area (TPSA) is 109 Å². The first-order valence-corrected chi connectivity index (χ1v) is 10.2. The molecule has 0 bridgehead atoms. The van der Waals surface area contributed by atoms with Gasteiger partial charge < -0.3 is 0 Å². The highest BCUT2D eigenvalue weighted by molar-refractivity contribution is 7.91. The molecule has 0 aliphatic carbocycles.